The van der Waals surface area contributed by atoms with Gasteiger partial charge in [-0.3, -0.25) is 20.4 Å². The molecule has 7 heteroatoms. The fourth-order valence-electron chi connectivity index (χ4n) is 2.14. The number of halogens is 1. The first-order valence-corrected chi connectivity index (χ1v) is 8.50. The first-order valence-electron chi connectivity index (χ1n) is 7.68. The minimum atomic E-state index is -0.738. The second kappa shape index (κ2) is 8.26. The number of nitrogens with one attached hydrogen (secondary N) is 2. The molecule has 0 spiro atoms. The molecule has 0 aliphatic rings. The number of carbonyl (C=O) groups is 2. The van der Waals surface area contributed by atoms with Crippen LogP contribution in [0.4, 0.5) is 4.39 Å². The fraction of sp³-hybridized carbons (Fsp3) is 0. The molecule has 130 valence electrons. The van der Waals surface area contributed by atoms with Crippen molar-refractivity contribution in [1.29, 1.82) is 0 Å². The molecule has 0 saturated heterocycles. The van der Waals surface area contributed by atoms with Gasteiger partial charge in [0.15, 0.2) is 0 Å². The Kier molecular flexibility index (Phi) is 5.60. The quantitative estimate of drug-likeness (QED) is 0.693. The van der Waals surface area contributed by atoms with Crippen LogP contribution in [-0.2, 0) is 0 Å². The number of hydrazine groups is 1. The average Bonchev–Trinajstić information content (AvgIpc) is 2.67. The Balaban J connectivity index is 1.70. The van der Waals surface area contributed by atoms with Gasteiger partial charge in [0, 0.05) is 11.1 Å². The largest absolute Gasteiger partial charge is 0.272 e. The van der Waals surface area contributed by atoms with Crippen LogP contribution in [-0.4, -0.2) is 16.8 Å². The van der Waals surface area contributed by atoms with Crippen molar-refractivity contribution in [2.75, 3.05) is 0 Å². The first-order chi connectivity index (χ1) is 12.6. The highest BCUT2D eigenvalue weighted by Crippen LogP contribution is 2.28. The van der Waals surface area contributed by atoms with Crippen molar-refractivity contribution >= 4 is 23.6 Å². The van der Waals surface area contributed by atoms with E-state index in [4.69, 9.17) is 0 Å². The maximum Gasteiger partial charge on any atom is 0.272 e. The molecular weight excluding hydrogens is 353 g/mol. The zero-order chi connectivity index (χ0) is 18.4. The highest BCUT2D eigenvalue weighted by atomic mass is 32.2. The van der Waals surface area contributed by atoms with E-state index in [1.165, 1.54) is 36.0 Å². The predicted octanol–water partition coefficient (Wildman–Crippen LogP) is 3.45. The summed E-state index contributed by atoms with van der Waals surface area (Å²) in [4.78, 5) is 29.5. The zero-order valence-corrected chi connectivity index (χ0v) is 14.3. The summed E-state index contributed by atoms with van der Waals surface area (Å²) in [5, 5.41) is 0.497. The van der Waals surface area contributed by atoms with E-state index in [9.17, 15) is 14.0 Å². The lowest BCUT2D eigenvalue weighted by Gasteiger charge is -2.10. The van der Waals surface area contributed by atoms with Crippen LogP contribution in [0.15, 0.2) is 82.8 Å². The van der Waals surface area contributed by atoms with Gasteiger partial charge in [0.1, 0.15) is 10.8 Å². The summed E-state index contributed by atoms with van der Waals surface area (Å²) in [5.41, 5.74) is 4.65. The van der Waals surface area contributed by atoms with Crippen molar-refractivity contribution < 1.29 is 14.0 Å². The van der Waals surface area contributed by atoms with E-state index >= 15 is 0 Å². The van der Waals surface area contributed by atoms with E-state index in [0.717, 1.165) is 4.90 Å². The topological polar surface area (TPSA) is 71.1 Å². The summed E-state index contributed by atoms with van der Waals surface area (Å²) >= 11 is 1.33. The van der Waals surface area contributed by atoms with Crippen LogP contribution in [0.3, 0.4) is 0 Å². The molecule has 3 rings (SSSR count). The van der Waals surface area contributed by atoms with E-state index in [2.05, 4.69) is 15.8 Å². The number of pyridine rings is 1. The summed E-state index contributed by atoms with van der Waals surface area (Å²) in [7, 11) is 0. The van der Waals surface area contributed by atoms with Crippen LogP contribution in [0, 0.1) is 5.82 Å². The van der Waals surface area contributed by atoms with E-state index in [1.54, 1.807) is 18.3 Å². The van der Waals surface area contributed by atoms with Crippen molar-refractivity contribution in [2.24, 2.45) is 0 Å². The van der Waals surface area contributed by atoms with Crippen molar-refractivity contribution in [1.82, 2.24) is 15.8 Å². The van der Waals surface area contributed by atoms with Gasteiger partial charge in [0.25, 0.3) is 11.8 Å². The van der Waals surface area contributed by atoms with Gasteiger partial charge < -0.3 is 0 Å². The Morgan fingerprint density at radius 2 is 1.42 bits per heavy atom. The molecule has 0 fully saturated rings. The fourth-order valence-corrected chi connectivity index (χ4v) is 3.04. The Hall–Kier alpha value is -3.19. The zero-order valence-electron chi connectivity index (χ0n) is 13.5. The predicted molar refractivity (Wildman–Crippen MR) is 96.1 cm³/mol. The summed E-state index contributed by atoms with van der Waals surface area (Å²) in [5.74, 6) is -1.94. The normalized spacial score (nSPS) is 10.2. The van der Waals surface area contributed by atoms with Crippen LogP contribution in [0.2, 0.25) is 0 Å². The molecule has 0 radical (unpaired) electrons. The SMILES string of the molecule is O=C(NNC(=O)c1cccnc1Sc1ccccc1)c1ccccc1F. The van der Waals surface area contributed by atoms with Gasteiger partial charge in [-0.05, 0) is 36.4 Å². The minimum Gasteiger partial charge on any atom is -0.267 e. The minimum absolute atomic E-state index is 0.155. The number of amides is 2. The highest BCUT2D eigenvalue weighted by Gasteiger charge is 2.16. The molecule has 2 N–H and O–H groups in total. The van der Waals surface area contributed by atoms with E-state index < -0.39 is 17.6 Å². The second-order valence-electron chi connectivity index (χ2n) is 5.16. The number of aromatic nitrogens is 1. The van der Waals surface area contributed by atoms with Crippen LogP contribution in [0.1, 0.15) is 20.7 Å². The number of hydrogen-bond donors (Lipinski definition) is 2. The second-order valence-corrected chi connectivity index (χ2v) is 6.22. The molecule has 1 aromatic heterocycles. The summed E-state index contributed by atoms with van der Waals surface area (Å²) in [6.07, 6.45) is 1.58. The molecule has 0 aliphatic carbocycles. The molecule has 0 unspecified atom stereocenters. The van der Waals surface area contributed by atoms with Crippen molar-refractivity contribution in [3.05, 3.63) is 89.9 Å². The molecule has 1 heterocycles. The molecule has 0 aliphatic heterocycles. The molecule has 5 nitrogen and oxygen atoms in total. The lowest BCUT2D eigenvalue weighted by atomic mass is 10.2. The number of hydrogen-bond acceptors (Lipinski definition) is 4. The number of rotatable bonds is 4. The Morgan fingerprint density at radius 1 is 0.808 bits per heavy atom. The van der Waals surface area contributed by atoms with Crippen molar-refractivity contribution in [2.45, 2.75) is 9.92 Å². The number of nitrogens with zero attached hydrogens (tertiary/aromatic N) is 1. The maximum atomic E-state index is 13.6. The van der Waals surface area contributed by atoms with Crippen LogP contribution in [0.5, 0.6) is 0 Å². The van der Waals surface area contributed by atoms with Crippen LogP contribution >= 0.6 is 11.8 Å². The van der Waals surface area contributed by atoms with E-state index in [-0.39, 0.29) is 5.56 Å². The summed E-state index contributed by atoms with van der Waals surface area (Å²) < 4.78 is 13.6. The first kappa shape index (κ1) is 17.6. The van der Waals surface area contributed by atoms with Crippen molar-refractivity contribution in [3.63, 3.8) is 0 Å². The lowest BCUT2D eigenvalue weighted by molar-refractivity contribution is 0.0842. The van der Waals surface area contributed by atoms with Gasteiger partial charge in [-0.25, -0.2) is 9.37 Å². The van der Waals surface area contributed by atoms with Gasteiger partial charge >= 0.3 is 0 Å². The summed E-state index contributed by atoms with van der Waals surface area (Å²) in [6, 6.07) is 18.2. The molecule has 0 bridgehead atoms. The lowest BCUT2D eigenvalue weighted by Crippen LogP contribution is -2.42. The highest BCUT2D eigenvalue weighted by molar-refractivity contribution is 7.99. The molecular formula is C19H14FN3O2S. The molecule has 2 aromatic carbocycles. The average molecular weight is 367 g/mol. The molecule has 0 atom stereocenters. The Bertz CT molecular complexity index is 935. The van der Waals surface area contributed by atoms with Gasteiger partial charge in [0.05, 0.1) is 11.1 Å². The molecule has 0 saturated carbocycles. The van der Waals surface area contributed by atoms with Gasteiger partial charge in [-0.1, -0.05) is 42.1 Å². The van der Waals surface area contributed by atoms with Crippen molar-refractivity contribution in [3.8, 4) is 0 Å². The van der Waals surface area contributed by atoms with Gasteiger partial charge in [-0.2, -0.15) is 0 Å². The monoisotopic (exact) mass is 367 g/mol. The third-order valence-electron chi connectivity index (χ3n) is 3.38. The van der Waals surface area contributed by atoms with Crippen LogP contribution in [0.25, 0.3) is 0 Å². The number of carbonyl (C=O) groups excluding carboxylic acids is 2. The van der Waals surface area contributed by atoms with Crippen LogP contribution < -0.4 is 10.9 Å². The summed E-state index contributed by atoms with van der Waals surface area (Å²) in [6.45, 7) is 0. The Labute approximate surface area is 153 Å². The van der Waals surface area contributed by atoms with E-state index in [0.29, 0.717) is 10.6 Å². The Morgan fingerprint density at radius 3 is 2.15 bits per heavy atom. The third kappa shape index (κ3) is 4.25. The molecule has 26 heavy (non-hydrogen) atoms. The maximum absolute atomic E-state index is 13.6. The smallest absolute Gasteiger partial charge is 0.267 e. The molecule has 3 aromatic rings. The number of benzene rings is 2. The van der Waals surface area contributed by atoms with Gasteiger partial charge in [0.2, 0.25) is 0 Å². The molecule has 2 amide bonds. The third-order valence-corrected chi connectivity index (χ3v) is 4.41. The standard InChI is InChI=1S/C19H14FN3O2S/c20-16-11-5-4-9-14(16)17(24)22-23-18(25)15-10-6-12-21-19(15)26-13-7-2-1-3-8-13/h1-12H,(H,22,24)(H,23,25). The van der Waals surface area contributed by atoms with Gasteiger partial charge in [-0.15, -0.1) is 0 Å². The van der Waals surface area contributed by atoms with E-state index in [1.807, 2.05) is 30.3 Å².